The van der Waals surface area contributed by atoms with E-state index in [2.05, 4.69) is 26.2 Å². The Morgan fingerprint density at radius 3 is 2.94 bits per heavy atom. The van der Waals surface area contributed by atoms with Crippen LogP contribution in [-0.2, 0) is 6.54 Å². The van der Waals surface area contributed by atoms with Gasteiger partial charge in [0.05, 0.1) is 7.11 Å². The number of halogens is 1. The summed E-state index contributed by atoms with van der Waals surface area (Å²) in [7, 11) is 1.62. The number of aromatic amines is 1. The molecule has 1 aromatic carbocycles. The van der Waals surface area contributed by atoms with E-state index in [0.717, 1.165) is 15.8 Å². The number of benzene rings is 1. The highest BCUT2D eigenvalue weighted by molar-refractivity contribution is 9.10. The Kier molecular flexibility index (Phi) is 4.04. The first-order valence-electron chi connectivity index (χ1n) is 5.44. The van der Waals surface area contributed by atoms with Crippen molar-refractivity contribution in [2.24, 2.45) is 0 Å². The maximum atomic E-state index is 11.8. The number of methoxy groups -OCH3 is 1. The molecule has 4 nitrogen and oxygen atoms in total. The van der Waals surface area contributed by atoms with Gasteiger partial charge in [0.25, 0.3) is 5.91 Å². The lowest BCUT2D eigenvalue weighted by molar-refractivity contribution is 0.0946. The molecular weight excluding hydrogens is 296 g/mol. The summed E-state index contributed by atoms with van der Waals surface area (Å²) in [5.41, 5.74) is 1.53. The van der Waals surface area contributed by atoms with Crippen molar-refractivity contribution in [2.75, 3.05) is 7.11 Å². The van der Waals surface area contributed by atoms with E-state index in [1.807, 2.05) is 24.3 Å². The van der Waals surface area contributed by atoms with Crippen molar-refractivity contribution in [1.29, 1.82) is 0 Å². The smallest absolute Gasteiger partial charge is 0.267 e. The lowest BCUT2D eigenvalue weighted by Crippen LogP contribution is -2.23. The van der Waals surface area contributed by atoms with Gasteiger partial charge in [-0.05, 0) is 39.7 Å². The normalized spacial score (nSPS) is 10.1. The first-order chi connectivity index (χ1) is 8.69. The van der Waals surface area contributed by atoms with Crippen LogP contribution in [0.2, 0.25) is 0 Å². The largest absolute Gasteiger partial charge is 0.497 e. The van der Waals surface area contributed by atoms with E-state index < -0.39 is 0 Å². The zero-order valence-corrected chi connectivity index (χ0v) is 11.5. The van der Waals surface area contributed by atoms with Crippen LogP contribution in [0.1, 0.15) is 16.1 Å². The Bertz CT molecular complexity index is 551. The molecule has 0 aliphatic heterocycles. The molecule has 0 aliphatic rings. The highest BCUT2D eigenvalue weighted by atomic mass is 79.9. The topological polar surface area (TPSA) is 54.1 Å². The minimum Gasteiger partial charge on any atom is -0.497 e. The SMILES string of the molecule is COc1cccc(CNC(=O)c2cc(Br)c[nH]2)c1. The zero-order chi connectivity index (χ0) is 13.0. The van der Waals surface area contributed by atoms with Crippen molar-refractivity contribution in [3.8, 4) is 5.75 Å². The monoisotopic (exact) mass is 308 g/mol. The van der Waals surface area contributed by atoms with E-state index in [1.54, 1.807) is 19.4 Å². The number of rotatable bonds is 4. The summed E-state index contributed by atoms with van der Waals surface area (Å²) in [6.45, 7) is 0.465. The van der Waals surface area contributed by atoms with E-state index in [0.29, 0.717) is 12.2 Å². The van der Waals surface area contributed by atoms with Gasteiger partial charge in [-0.25, -0.2) is 0 Å². The molecule has 2 aromatic rings. The fourth-order valence-electron chi connectivity index (χ4n) is 1.56. The van der Waals surface area contributed by atoms with Crippen LogP contribution in [0.4, 0.5) is 0 Å². The predicted octanol–water partition coefficient (Wildman–Crippen LogP) is 2.72. The van der Waals surface area contributed by atoms with Gasteiger partial charge >= 0.3 is 0 Å². The van der Waals surface area contributed by atoms with Gasteiger partial charge < -0.3 is 15.0 Å². The van der Waals surface area contributed by atoms with Gasteiger partial charge in [0.1, 0.15) is 11.4 Å². The highest BCUT2D eigenvalue weighted by Crippen LogP contribution is 2.13. The standard InChI is InChI=1S/C13H13BrN2O2/c1-18-11-4-2-3-9(5-11)7-16-13(17)12-6-10(14)8-15-12/h2-6,8,15H,7H2,1H3,(H,16,17). The maximum Gasteiger partial charge on any atom is 0.267 e. The van der Waals surface area contributed by atoms with Crippen molar-refractivity contribution >= 4 is 21.8 Å². The molecule has 0 saturated carbocycles. The molecule has 0 spiro atoms. The summed E-state index contributed by atoms with van der Waals surface area (Å²) in [6.07, 6.45) is 1.72. The third-order valence-corrected chi connectivity index (χ3v) is 2.94. The molecule has 94 valence electrons. The Balaban J connectivity index is 1.97. The zero-order valence-electron chi connectivity index (χ0n) is 9.87. The number of amides is 1. The van der Waals surface area contributed by atoms with Crippen LogP contribution >= 0.6 is 15.9 Å². The number of aromatic nitrogens is 1. The molecule has 0 aliphatic carbocycles. The number of carbonyl (C=O) groups excluding carboxylic acids is 1. The first kappa shape index (κ1) is 12.7. The molecule has 0 fully saturated rings. The molecular formula is C13H13BrN2O2. The van der Waals surface area contributed by atoms with Gasteiger partial charge in [-0.3, -0.25) is 4.79 Å². The molecule has 1 aromatic heterocycles. The summed E-state index contributed by atoms with van der Waals surface area (Å²) in [5.74, 6) is 0.646. The predicted molar refractivity (Wildman–Crippen MR) is 72.7 cm³/mol. The van der Waals surface area contributed by atoms with Crippen LogP contribution in [-0.4, -0.2) is 18.0 Å². The first-order valence-corrected chi connectivity index (χ1v) is 6.23. The van der Waals surface area contributed by atoms with Crippen molar-refractivity contribution in [3.63, 3.8) is 0 Å². The second-order valence-electron chi connectivity index (χ2n) is 3.77. The van der Waals surface area contributed by atoms with Crippen LogP contribution in [0.3, 0.4) is 0 Å². The molecule has 0 unspecified atom stereocenters. The van der Waals surface area contributed by atoms with Crippen LogP contribution in [0.5, 0.6) is 5.75 Å². The summed E-state index contributed by atoms with van der Waals surface area (Å²) < 4.78 is 5.98. The summed E-state index contributed by atoms with van der Waals surface area (Å²) in [4.78, 5) is 14.7. The molecule has 5 heteroatoms. The van der Waals surface area contributed by atoms with Crippen LogP contribution in [0.15, 0.2) is 41.0 Å². The van der Waals surface area contributed by atoms with Crippen molar-refractivity contribution in [3.05, 3.63) is 52.3 Å². The van der Waals surface area contributed by atoms with Crippen LogP contribution in [0.25, 0.3) is 0 Å². The van der Waals surface area contributed by atoms with Gasteiger partial charge in [-0.1, -0.05) is 12.1 Å². The molecule has 0 saturated heterocycles. The fraction of sp³-hybridized carbons (Fsp3) is 0.154. The summed E-state index contributed by atoms with van der Waals surface area (Å²) in [5, 5.41) is 2.83. The molecule has 2 rings (SSSR count). The van der Waals surface area contributed by atoms with Crippen LogP contribution in [0, 0.1) is 0 Å². The molecule has 18 heavy (non-hydrogen) atoms. The molecule has 0 bridgehead atoms. The molecule has 2 N–H and O–H groups in total. The third-order valence-electron chi connectivity index (χ3n) is 2.48. The highest BCUT2D eigenvalue weighted by Gasteiger charge is 2.07. The van der Waals surface area contributed by atoms with E-state index >= 15 is 0 Å². The van der Waals surface area contributed by atoms with Gasteiger partial charge in [-0.2, -0.15) is 0 Å². The van der Waals surface area contributed by atoms with Crippen molar-refractivity contribution in [2.45, 2.75) is 6.54 Å². The van der Waals surface area contributed by atoms with Gasteiger partial charge in [0, 0.05) is 17.2 Å². The number of carbonyl (C=O) groups is 1. The average molecular weight is 309 g/mol. The van der Waals surface area contributed by atoms with E-state index in [9.17, 15) is 4.79 Å². The fourth-order valence-corrected chi connectivity index (χ4v) is 1.90. The van der Waals surface area contributed by atoms with Gasteiger partial charge in [0.2, 0.25) is 0 Å². The molecule has 1 amide bonds. The Morgan fingerprint density at radius 2 is 2.28 bits per heavy atom. The van der Waals surface area contributed by atoms with Gasteiger partial charge in [-0.15, -0.1) is 0 Å². The molecule has 0 radical (unpaired) electrons. The minimum atomic E-state index is -0.136. The quantitative estimate of drug-likeness (QED) is 0.912. The second kappa shape index (κ2) is 5.73. The Hall–Kier alpha value is -1.75. The van der Waals surface area contributed by atoms with E-state index in [4.69, 9.17) is 4.74 Å². The number of hydrogen-bond acceptors (Lipinski definition) is 2. The number of H-pyrrole nitrogens is 1. The number of nitrogens with one attached hydrogen (secondary N) is 2. The van der Waals surface area contributed by atoms with Crippen LogP contribution < -0.4 is 10.1 Å². The second-order valence-corrected chi connectivity index (χ2v) is 4.68. The summed E-state index contributed by atoms with van der Waals surface area (Å²) >= 11 is 3.29. The third kappa shape index (κ3) is 3.13. The van der Waals surface area contributed by atoms with Crippen molar-refractivity contribution < 1.29 is 9.53 Å². The van der Waals surface area contributed by atoms with E-state index in [-0.39, 0.29) is 5.91 Å². The van der Waals surface area contributed by atoms with Gasteiger partial charge in [0.15, 0.2) is 0 Å². The summed E-state index contributed by atoms with van der Waals surface area (Å²) in [6, 6.07) is 9.33. The average Bonchev–Trinajstić information content (AvgIpc) is 2.83. The lowest BCUT2D eigenvalue weighted by Gasteiger charge is -2.06. The molecule has 0 atom stereocenters. The lowest BCUT2D eigenvalue weighted by atomic mass is 10.2. The maximum absolute atomic E-state index is 11.8. The van der Waals surface area contributed by atoms with Crippen molar-refractivity contribution in [1.82, 2.24) is 10.3 Å². The van der Waals surface area contributed by atoms with E-state index in [1.165, 1.54) is 0 Å². The number of hydrogen-bond donors (Lipinski definition) is 2. The Morgan fingerprint density at radius 1 is 1.44 bits per heavy atom. The Labute approximate surface area is 113 Å². The molecule has 1 heterocycles. The minimum absolute atomic E-state index is 0.136. The number of ether oxygens (including phenoxy) is 1.